The van der Waals surface area contributed by atoms with E-state index in [9.17, 15) is 14.4 Å². The van der Waals surface area contributed by atoms with E-state index in [4.69, 9.17) is 0 Å². The number of nitrogens with one attached hydrogen (secondary N) is 2. The molecule has 4 aromatic rings. The molecule has 0 saturated carbocycles. The van der Waals surface area contributed by atoms with Gasteiger partial charge in [-0.15, -0.1) is 11.3 Å². The molecule has 3 aromatic carbocycles. The number of hydrogen-bond donors (Lipinski definition) is 2. The Bertz CT molecular complexity index is 1410. The fraction of sp³-hybridized carbons (Fsp3) is 0. The second-order valence-corrected chi connectivity index (χ2v) is 9.28. The molecule has 2 N–H and O–H groups in total. The predicted molar refractivity (Wildman–Crippen MR) is 136 cm³/mol. The van der Waals surface area contributed by atoms with E-state index in [0.717, 1.165) is 39.7 Å². The van der Waals surface area contributed by atoms with Gasteiger partial charge in [0, 0.05) is 16.5 Å². The van der Waals surface area contributed by atoms with Crippen LogP contribution < -0.4 is 10.6 Å². The van der Waals surface area contributed by atoms with Crippen LogP contribution in [0.25, 0.3) is 28.5 Å². The maximum Gasteiger partial charge on any atom is 0.290 e. The Morgan fingerprint density at radius 1 is 0.853 bits per heavy atom. The number of rotatable bonds is 5. The third kappa shape index (κ3) is 4.83. The summed E-state index contributed by atoms with van der Waals surface area (Å²) in [5.41, 5.74) is 5.24. The Morgan fingerprint density at radius 2 is 1.53 bits per heavy atom. The van der Waals surface area contributed by atoms with Crippen molar-refractivity contribution >= 4 is 51.4 Å². The number of carbonyl (C=O) groups is 3. The van der Waals surface area contributed by atoms with Crippen molar-refractivity contribution in [2.45, 2.75) is 0 Å². The number of carbonyl (C=O) groups excluding carboxylic acids is 3. The van der Waals surface area contributed by atoms with Gasteiger partial charge in [0.2, 0.25) is 0 Å². The lowest BCUT2D eigenvalue weighted by Crippen LogP contribution is -2.17. The molecule has 34 heavy (non-hydrogen) atoms. The number of nitrogens with zero attached hydrogens (tertiary/aromatic N) is 1. The fourth-order valence-corrected chi connectivity index (χ4v) is 4.80. The van der Waals surface area contributed by atoms with Gasteiger partial charge in [0.15, 0.2) is 5.13 Å². The molecule has 1 fully saturated rings. The highest BCUT2D eigenvalue weighted by Crippen LogP contribution is 2.28. The molecule has 0 aliphatic carbocycles. The number of anilines is 1. The number of amides is 3. The van der Waals surface area contributed by atoms with E-state index in [0.29, 0.717) is 15.6 Å². The molecule has 8 heteroatoms. The molecule has 3 amide bonds. The van der Waals surface area contributed by atoms with E-state index in [1.54, 1.807) is 30.3 Å². The molecule has 1 aliphatic rings. The van der Waals surface area contributed by atoms with Crippen molar-refractivity contribution in [3.63, 3.8) is 0 Å². The van der Waals surface area contributed by atoms with E-state index < -0.39 is 5.91 Å². The largest absolute Gasteiger partial charge is 0.298 e. The van der Waals surface area contributed by atoms with Crippen molar-refractivity contribution in [1.29, 1.82) is 0 Å². The van der Waals surface area contributed by atoms with E-state index in [2.05, 4.69) is 39.9 Å². The Hall–Kier alpha value is -4.01. The minimum atomic E-state index is -0.411. The minimum absolute atomic E-state index is 0.275. The summed E-state index contributed by atoms with van der Waals surface area (Å²) in [4.78, 5) is 40.4. The number of benzene rings is 3. The fourth-order valence-electron chi connectivity index (χ4n) is 3.40. The van der Waals surface area contributed by atoms with Crippen LogP contribution in [0.15, 0.2) is 89.1 Å². The Labute approximate surface area is 203 Å². The van der Waals surface area contributed by atoms with Crippen LogP contribution in [0.2, 0.25) is 0 Å². The van der Waals surface area contributed by atoms with E-state index in [1.165, 1.54) is 11.3 Å². The second kappa shape index (κ2) is 9.46. The second-order valence-electron chi connectivity index (χ2n) is 7.41. The van der Waals surface area contributed by atoms with E-state index in [1.807, 2.05) is 35.7 Å². The lowest BCUT2D eigenvalue weighted by molar-refractivity contribution is -0.115. The molecule has 166 valence electrons. The lowest BCUT2D eigenvalue weighted by atomic mass is 10.0. The first-order valence-electron chi connectivity index (χ1n) is 10.3. The first kappa shape index (κ1) is 21.8. The van der Waals surface area contributed by atoms with Crippen LogP contribution in [0.4, 0.5) is 9.93 Å². The topological polar surface area (TPSA) is 88.2 Å². The van der Waals surface area contributed by atoms with Crippen LogP contribution in [0, 0.1) is 0 Å². The molecule has 0 spiro atoms. The summed E-state index contributed by atoms with van der Waals surface area (Å²) in [6, 6.07) is 25.1. The number of aromatic nitrogens is 1. The molecule has 0 unspecified atom stereocenters. The summed E-state index contributed by atoms with van der Waals surface area (Å²) in [5.74, 6) is -0.686. The van der Waals surface area contributed by atoms with Crippen molar-refractivity contribution in [2.24, 2.45) is 0 Å². The highest BCUT2D eigenvalue weighted by molar-refractivity contribution is 8.18. The van der Waals surface area contributed by atoms with Gasteiger partial charge in [-0.05, 0) is 46.7 Å². The molecule has 1 aliphatic heterocycles. The lowest BCUT2D eigenvalue weighted by Gasteiger charge is -2.04. The van der Waals surface area contributed by atoms with Gasteiger partial charge in [-0.1, -0.05) is 66.7 Å². The van der Waals surface area contributed by atoms with Gasteiger partial charge >= 0.3 is 0 Å². The van der Waals surface area contributed by atoms with Crippen LogP contribution >= 0.6 is 23.1 Å². The van der Waals surface area contributed by atoms with Gasteiger partial charge in [-0.25, -0.2) is 4.98 Å². The zero-order chi connectivity index (χ0) is 23.5. The Balaban J connectivity index is 1.25. The van der Waals surface area contributed by atoms with Crippen molar-refractivity contribution in [3.8, 4) is 22.4 Å². The Morgan fingerprint density at radius 3 is 2.21 bits per heavy atom. The number of thiazole rings is 1. The third-order valence-corrected chi connectivity index (χ3v) is 6.69. The van der Waals surface area contributed by atoms with E-state index in [-0.39, 0.29) is 11.1 Å². The molecular weight excluding hydrogens is 466 g/mol. The first-order chi connectivity index (χ1) is 16.5. The van der Waals surface area contributed by atoms with Crippen LogP contribution in [-0.4, -0.2) is 22.0 Å². The van der Waals surface area contributed by atoms with Crippen LogP contribution in [-0.2, 0) is 4.79 Å². The van der Waals surface area contributed by atoms with Gasteiger partial charge in [-0.2, -0.15) is 0 Å². The third-order valence-electron chi connectivity index (χ3n) is 5.13. The predicted octanol–water partition coefficient (Wildman–Crippen LogP) is 6.05. The van der Waals surface area contributed by atoms with E-state index >= 15 is 0 Å². The van der Waals surface area contributed by atoms with Crippen LogP contribution in [0.3, 0.4) is 0 Å². The van der Waals surface area contributed by atoms with Crippen LogP contribution in [0.5, 0.6) is 0 Å². The summed E-state index contributed by atoms with van der Waals surface area (Å²) >= 11 is 2.22. The van der Waals surface area contributed by atoms with Crippen molar-refractivity contribution in [2.75, 3.05) is 5.32 Å². The zero-order valence-corrected chi connectivity index (χ0v) is 19.3. The highest BCUT2D eigenvalue weighted by atomic mass is 32.2. The standard InChI is InChI=1S/C26H17N3O3S2/c30-23(20-8-6-16(7-9-20)14-22-24(31)29-26(32)34-22)28-25-27-21(15-33-25)19-12-10-18(11-13-19)17-4-2-1-3-5-17/h1-15H,(H,27,28,30)(H,29,31,32)/b22-14-. The molecule has 1 aromatic heterocycles. The molecule has 0 atom stereocenters. The highest BCUT2D eigenvalue weighted by Gasteiger charge is 2.24. The van der Waals surface area contributed by atoms with Gasteiger partial charge in [0.1, 0.15) is 0 Å². The molecule has 2 heterocycles. The van der Waals surface area contributed by atoms with Gasteiger partial charge in [-0.3, -0.25) is 25.0 Å². The molecule has 6 nitrogen and oxygen atoms in total. The maximum atomic E-state index is 12.6. The van der Waals surface area contributed by atoms with Crippen molar-refractivity contribution < 1.29 is 14.4 Å². The molecule has 0 bridgehead atoms. The summed E-state index contributed by atoms with van der Waals surface area (Å²) in [6.45, 7) is 0. The quantitative estimate of drug-likeness (QED) is 0.337. The number of imide groups is 1. The summed E-state index contributed by atoms with van der Waals surface area (Å²) < 4.78 is 0. The maximum absolute atomic E-state index is 12.6. The first-order valence-corrected chi connectivity index (χ1v) is 12.0. The zero-order valence-electron chi connectivity index (χ0n) is 17.6. The van der Waals surface area contributed by atoms with Gasteiger partial charge in [0.05, 0.1) is 10.6 Å². The van der Waals surface area contributed by atoms with Crippen molar-refractivity contribution in [3.05, 3.63) is 100 Å². The number of thioether (sulfide) groups is 1. The normalized spacial score (nSPS) is 14.3. The Kier molecular flexibility index (Phi) is 6.07. The molecule has 1 saturated heterocycles. The summed E-state index contributed by atoms with van der Waals surface area (Å²) in [6.07, 6.45) is 1.61. The van der Waals surface area contributed by atoms with Crippen molar-refractivity contribution in [1.82, 2.24) is 10.3 Å². The van der Waals surface area contributed by atoms with Gasteiger partial charge < -0.3 is 0 Å². The average molecular weight is 484 g/mol. The van der Waals surface area contributed by atoms with Crippen LogP contribution in [0.1, 0.15) is 15.9 Å². The minimum Gasteiger partial charge on any atom is -0.298 e. The number of hydrogen-bond acceptors (Lipinski definition) is 6. The summed E-state index contributed by atoms with van der Waals surface area (Å²) in [7, 11) is 0. The molecule has 5 rings (SSSR count). The SMILES string of the molecule is O=C1NC(=O)/C(=C/c2ccc(C(=O)Nc3nc(-c4ccc(-c5ccccc5)cc4)cs3)cc2)S1. The summed E-state index contributed by atoms with van der Waals surface area (Å²) in [5, 5.41) is 7.08. The monoisotopic (exact) mass is 483 g/mol. The average Bonchev–Trinajstić information content (AvgIpc) is 3.45. The smallest absolute Gasteiger partial charge is 0.290 e. The van der Waals surface area contributed by atoms with Gasteiger partial charge in [0.25, 0.3) is 17.1 Å². The molecular formula is C26H17N3O3S2. The molecule has 0 radical (unpaired) electrons.